The molecule has 0 atom stereocenters. The minimum absolute atomic E-state index is 0.342. The Balaban J connectivity index is 1.94. The number of hydrogen-bond donors (Lipinski definition) is 0. The van der Waals surface area contributed by atoms with E-state index < -0.39 is 40.2 Å². The second-order valence-corrected chi connectivity index (χ2v) is 13.9. The molecule has 0 saturated carbocycles. The summed E-state index contributed by atoms with van der Waals surface area (Å²) in [5.74, 6) is -1.77. The molecule has 198 valence electrons. The van der Waals surface area contributed by atoms with Crippen molar-refractivity contribution < 1.29 is 35.3 Å². The summed E-state index contributed by atoms with van der Waals surface area (Å²) in [6.07, 6.45) is 0.342. The summed E-state index contributed by atoms with van der Waals surface area (Å²) < 4.78 is 72.2. The Bertz CT molecular complexity index is 1410. The summed E-state index contributed by atoms with van der Waals surface area (Å²) in [5, 5.41) is 3.12. The van der Waals surface area contributed by atoms with E-state index in [1.807, 2.05) is 91.0 Å². The molecule has 4 aromatic carbocycles. The van der Waals surface area contributed by atoms with E-state index >= 15 is 0 Å². The summed E-state index contributed by atoms with van der Waals surface area (Å²) in [6, 6.07) is 33.3. The number of halogens is 3. The van der Waals surface area contributed by atoms with E-state index in [-0.39, 0.29) is 0 Å². The number of rotatable bonds is 8. The van der Waals surface area contributed by atoms with E-state index in [0.717, 1.165) is 23.0 Å². The number of benzene rings is 4. The van der Waals surface area contributed by atoms with Crippen molar-refractivity contribution in [1.82, 2.24) is 0 Å². The van der Waals surface area contributed by atoms with Gasteiger partial charge in [0.1, 0.15) is 0 Å². The van der Waals surface area contributed by atoms with Crippen LogP contribution in [0.25, 0.3) is 0 Å². The molecule has 0 amide bonds. The first-order valence-electron chi connectivity index (χ1n) is 11.5. The third kappa shape index (κ3) is 5.44. The van der Waals surface area contributed by atoms with Crippen LogP contribution in [0.5, 0.6) is 5.75 Å². The normalized spacial score (nSPS) is 12.5. The quantitative estimate of drug-likeness (QED) is 0.132. The third-order valence-electron chi connectivity index (χ3n) is 6.20. The van der Waals surface area contributed by atoms with Crippen LogP contribution in [-0.2, 0) is 21.0 Å². The first kappa shape index (κ1) is 27.4. The van der Waals surface area contributed by atoms with Crippen molar-refractivity contribution in [3.63, 3.8) is 0 Å². The van der Waals surface area contributed by atoms with Crippen LogP contribution in [0.15, 0.2) is 109 Å². The molecule has 38 heavy (non-hydrogen) atoms. The maximum atomic E-state index is 13.1. The van der Waals surface area contributed by atoms with Gasteiger partial charge in [0.25, 0.3) is 0 Å². The van der Waals surface area contributed by atoms with Gasteiger partial charge in [-0.2, -0.15) is 0 Å². The van der Waals surface area contributed by atoms with Crippen molar-refractivity contribution in [2.45, 2.75) is 11.7 Å². The van der Waals surface area contributed by atoms with Crippen molar-refractivity contribution in [2.24, 2.45) is 0 Å². The van der Waals surface area contributed by atoms with Crippen LogP contribution >= 0.6 is 7.26 Å². The fourth-order valence-corrected chi connectivity index (χ4v) is 9.67. The second-order valence-electron chi connectivity index (χ2n) is 8.49. The van der Waals surface area contributed by atoms with E-state index in [1.54, 1.807) is 6.07 Å². The van der Waals surface area contributed by atoms with E-state index in [2.05, 4.69) is 8.92 Å². The molecule has 0 bridgehead atoms. The van der Waals surface area contributed by atoms with Crippen LogP contribution in [-0.4, -0.2) is 27.0 Å². The molecule has 4 aromatic rings. The topological polar surface area (TPSA) is 69.7 Å². The molecule has 0 aliphatic rings. The van der Waals surface area contributed by atoms with Crippen LogP contribution < -0.4 is 20.1 Å². The van der Waals surface area contributed by atoms with E-state index in [0.29, 0.717) is 11.7 Å². The van der Waals surface area contributed by atoms with Crippen molar-refractivity contribution in [3.05, 3.63) is 120 Å². The van der Waals surface area contributed by atoms with Gasteiger partial charge in [-0.3, -0.25) is 0 Å². The number of hydrogen-bond acceptors (Lipinski definition) is 5. The number of esters is 1. The number of alkyl halides is 3. The molecule has 10 heteroatoms. The summed E-state index contributed by atoms with van der Waals surface area (Å²) in [4.78, 5) is 12.3. The third-order valence-corrected chi connectivity index (χ3v) is 12.1. The molecule has 0 fully saturated rings. The van der Waals surface area contributed by atoms with E-state index in [9.17, 15) is 26.4 Å². The Labute approximate surface area is 219 Å². The van der Waals surface area contributed by atoms with Gasteiger partial charge in [-0.25, -0.2) is 0 Å². The second kappa shape index (κ2) is 11.0. The maximum absolute atomic E-state index is 13.1. The molecule has 0 saturated heterocycles. The van der Waals surface area contributed by atoms with Gasteiger partial charge in [-0.15, -0.1) is 0 Å². The fourth-order valence-electron chi connectivity index (χ4n) is 4.47. The van der Waals surface area contributed by atoms with Crippen molar-refractivity contribution >= 4 is 39.3 Å². The van der Waals surface area contributed by atoms with Gasteiger partial charge in [0, 0.05) is 0 Å². The van der Waals surface area contributed by atoms with Crippen molar-refractivity contribution in [1.29, 1.82) is 0 Å². The molecule has 5 nitrogen and oxygen atoms in total. The standard InChI is InChI=1S/C28H24F3O5PS/c1-35-27(32)25-18-17-21(19-26(25)36-38(33,34)28(29,30)31)20-37(22-11-5-2-6-12-22,23-13-7-3-8-14-23)24-15-9-4-10-16-24/h2-19,37H,20H2,1H3. The molecule has 0 radical (unpaired) electrons. The van der Waals surface area contributed by atoms with Gasteiger partial charge in [0.15, 0.2) is 0 Å². The van der Waals surface area contributed by atoms with Gasteiger partial charge in [0.2, 0.25) is 0 Å². The molecule has 0 heterocycles. The van der Waals surface area contributed by atoms with Crippen molar-refractivity contribution in [2.75, 3.05) is 7.11 Å². The zero-order valence-corrected chi connectivity index (χ0v) is 22.0. The molecule has 0 spiro atoms. The molecular formula is C28H24F3O5PS. The number of carbonyl (C=O) groups is 1. The summed E-state index contributed by atoms with van der Waals surface area (Å²) in [7, 11) is -7.87. The fraction of sp³-hybridized carbons (Fsp3) is 0.107. The first-order chi connectivity index (χ1) is 18.1. The number of ether oxygens (including phenoxy) is 1. The van der Waals surface area contributed by atoms with Gasteiger partial charge in [-0.1, -0.05) is 0 Å². The van der Waals surface area contributed by atoms with Crippen LogP contribution in [0.2, 0.25) is 0 Å². The van der Waals surface area contributed by atoms with E-state index in [4.69, 9.17) is 0 Å². The van der Waals surface area contributed by atoms with Crippen LogP contribution in [0, 0.1) is 0 Å². The van der Waals surface area contributed by atoms with Crippen molar-refractivity contribution in [3.8, 4) is 5.75 Å². The van der Waals surface area contributed by atoms with Gasteiger partial charge >= 0.3 is 219 Å². The molecule has 4 rings (SSSR count). The molecule has 0 aromatic heterocycles. The predicted octanol–water partition coefficient (Wildman–Crippen LogP) is 4.93. The SMILES string of the molecule is COC(=O)c1ccc(C[PH](c2ccccc2)(c2ccccc2)c2ccccc2)cc1OS(=O)(=O)C(F)(F)F. The summed E-state index contributed by atoms with van der Waals surface area (Å²) >= 11 is 0. The predicted molar refractivity (Wildman–Crippen MR) is 144 cm³/mol. The Morgan fingerprint density at radius 2 is 1.21 bits per heavy atom. The number of carbonyl (C=O) groups excluding carboxylic acids is 1. The minimum atomic E-state index is -6.03. The number of methoxy groups -OCH3 is 1. The Hall–Kier alpha value is -3.68. The average Bonchev–Trinajstić information content (AvgIpc) is 2.92. The monoisotopic (exact) mass is 560 g/mol. The Kier molecular flexibility index (Phi) is 7.90. The summed E-state index contributed by atoms with van der Waals surface area (Å²) in [6.45, 7) is 0. The molecule has 0 unspecified atom stereocenters. The van der Waals surface area contributed by atoms with Gasteiger partial charge in [0.05, 0.1) is 0 Å². The van der Waals surface area contributed by atoms with E-state index in [1.165, 1.54) is 12.1 Å². The van der Waals surface area contributed by atoms with Crippen LogP contribution in [0.1, 0.15) is 15.9 Å². The zero-order chi connectivity index (χ0) is 27.4. The Morgan fingerprint density at radius 1 is 0.763 bits per heavy atom. The Morgan fingerprint density at radius 3 is 1.61 bits per heavy atom. The average molecular weight is 561 g/mol. The molecule has 0 aliphatic heterocycles. The van der Waals surface area contributed by atoms with Crippen LogP contribution in [0.3, 0.4) is 0 Å². The van der Waals surface area contributed by atoms with Crippen LogP contribution in [0.4, 0.5) is 13.2 Å². The first-order valence-corrected chi connectivity index (χ1v) is 15.1. The van der Waals surface area contributed by atoms with Gasteiger partial charge < -0.3 is 0 Å². The van der Waals surface area contributed by atoms with Gasteiger partial charge in [-0.05, 0) is 0 Å². The molecular weight excluding hydrogens is 536 g/mol. The zero-order valence-electron chi connectivity index (χ0n) is 20.2. The molecule has 0 N–H and O–H groups in total. The molecule has 0 aliphatic carbocycles. The summed E-state index contributed by atoms with van der Waals surface area (Å²) in [5.41, 5.74) is -5.61.